The summed E-state index contributed by atoms with van der Waals surface area (Å²) in [5.74, 6) is 0. The summed E-state index contributed by atoms with van der Waals surface area (Å²) in [6.45, 7) is 1.66. The highest BCUT2D eigenvalue weighted by molar-refractivity contribution is 6.28. The Bertz CT molecular complexity index is 305. The third-order valence-corrected chi connectivity index (χ3v) is 1.71. The molecule has 0 aliphatic heterocycles. The minimum Gasteiger partial charge on any atom is -0.223 e. The van der Waals surface area contributed by atoms with Crippen LogP contribution < -0.4 is 0 Å². The van der Waals surface area contributed by atoms with Crippen LogP contribution in [-0.2, 0) is 6.42 Å². The van der Waals surface area contributed by atoms with Gasteiger partial charge in [0.25, 0.3) is 0 Å². The van der Waals surface area contributed by atoms with Gasteiger partial charge < -0.3 is 0 Å². The molecular formula is C8H8ClF3N2. The number of alkyl halides is 3. The molecule has 0 saturated carbocycles. The van der Waals surface area contributed by atoms with Gasteiger partial charge in [-0.3, -0.25) is 0 Å². The van der Waals surface area contributed by atoms with Gasteiger partial charge in [-0.15, -0.1) is 0 Å². The predicted molar refractivity (Wildman–Crippen MR) is 46.2 cm³/mol. The molecule has 0 atom stereocenters. The minimum absolute atomic E-state index is 0.0119. The second-order valence-corrected chi connectivity index (χ2v) is 3.22. The highest BCUT2D eigenvalue weighted by atomic mass is 35.5. The van der Waals surface area contributed by atoms with Gasteiger partial charge in [0.2, 0.25) is 5.28 Å². The summed E-state index contributed by atoms with van der Waals surface area (Å²) < 4.78 is 35.6. The lowest BCUT2D eigenvalue weighted by Crippen LogP contribution is -2.09. The van der Waals surface area contributed by atoms with Crippen LogP contribution in [0.3, 0.4) is 0 Å². The van der Waals surface area contributed by atoms with E-state index in [0.29, 0.717) is 11.4 Å². The summed E-state index contributed by atoms with van der Waals surface area (Å²) in [4.78, 5) is 7.44. The highest BCUT2D eigenvalue weighted by Gasteiger charge is 2.26. The zero-order valence-corrected chi connectivity index (χ0v) is 8.15. The monoisotopic (exact) mass is 224 g/mol. The first-order valence-corrected chi connectivity index (χ1v) is 4.31. The van der Waals surface area contributed by atoms with Crippen molar-refractivity contribution < 1.29 is 13.2 Å². The number of aromatic nitrogens is 2. The SMILES string of the molecule is Cc1cc(CCC(F)(F)F)nc(Cl)n1. The van der Waals surface area contributed by atoms with E-state index in [9.17, 15) is 13.2 Å². The van der Waals surface area contributed by atoms with E-state index >= 15 is 0 Å². The van der Waals surface area contributed by atoms with E-state index in [2.05, 4.69) is 9.97 Å². The van der Waals surface area contributed by atoms with Crippen molar-refractivity contribution in [3.63, 3.8) is 0 Å². The topological polar surface area (TPSA) is 25.8 Å². The molecular weight excluding hydrogens is 217 g/mol. The van der Waals surface area contributed by atoms with Gasteiger partial charge in [0.15, 0.2) is 0 Å². The Labute approximate surface area is 84.1 Å². The molecule has 1 aromatic rings. The van der Waals surface area contributed by atoms with Crippen LogP contribution in [0.15, 0.2) is 6.07 Å². The summed E-state index contributed by atoms with van der Waals surface area (Å²) in [7, 11) is 0. The zero-order valence-electron chi connectivity index (χ0n) is 7.40. The first-order valence-electron chi connectivity index (χ1n) is 3.93. The van der Waals surface area contributed by atoms with Crippen molar-refractivity contribution in [2.75, 3.05) is 0 Å². The van der Waals surface area contributed by atoms with Crippen molar-refractivity contribution in [1.82, 2.24) is 9.97 Å². The highest BCUT2D eigenvalue weighted by Crippen LogP contribution is 2.21. The molecule has 0 aromatic carbocycles. The standard InChI is InChI=1S/C8H8ClF3N2/c1-5-4-6(14-7(9)13-5)2-3-8(10,11)12/h4H,2-3H2,1H3. The smallest absolute Gasteiger partial charge is 0.223 e. The lowest BCUT2D eigenvalue weighted by atomic mass is 10.2. The van der Waals surface area contributed by atoms with Gasteiger partial charge in [-0.2, -0.15) is 13.2 Å². The lowest BCUT2D eigenvalue weighted by Gasteiger charge is -2.05. The van der Waals surface area contributed by atoms with Crippen LogP contribution in [0.25, 0.3) is 0 Å². The first-order chi connectivity index (χ1) is 6.37. The Hall–Kier alpha value is -0.840. The average molecular weight is 225 g/mol. The van der Waals surface area contributed by atoms with Crippen molar-refractivity contribution in [2.24, 2.45) is 0 Å². The lowest BCUT2D eigenvalue weighted by molar-refractivity contribution is -0.134. The fraction of sp³-hybridized carbons (Fsp3) is 0.500. The van der Waals surface area contributed by atoms with Gasteiger partial charge in [0.1, 0.15) is 0 Å². The Morgan fingerprint density at radius 2 is 2.00 bits per heavy atom. The molecule has 0 amide bonds. The van der Waals surface area contributed by atoms with E-state index in [1.807, 2.05) is 0 Å². The molecule has 0 fully saturated rings. The van der Waals surface area contributed by atoms with Crippen LogP contribution in [0.4, 0.5) is 13.2 Å². The molecule has 6 heteroatoms. The molecule has 0 aliphatic carbocycles. The molecule has 1 rings (SSSR count). The Morgan fingerprint density at radius 1 is 1.36 bits per heavy atom. The summed E-state index contributed by atoms with van der Waals surface area (Å²) in [6, 6.07) is 1.50. The average Bonchev–Trinajstić information content (AvgIpc) is 1.97. The molecule has 1 heterocycles. The molecule has 78 valence electrons. The molecule has 0 N–H and O–H groups in total. The maximum Gasteiger partial charge on any atom is 0.389 e. The quantitative estimate of drug-likeness (QED) is 0.722. The van der Waals surface area contributed by atoms with Crippen LogP contribution in [0.1, 0.15) is 17.8 Å². The molecule has 1 aromatic heterocycles. The van der Waals surface area contributed by atoms with E-state index in [1.54, 1.807) is 6.92 Å². The van der Waals surface area contributed by atoms with E-state index in [-0.39, 0.29) is 11.7 Å². The van der Waals surface area contributed by atoms with Crippen LogP contribution in [0, 0.1) is 6.92 Å². The van der Waals surface area contributed by atoms with Crippen molar-refractivity contribution in [2.45, 2.75) is 25.9 Å². The summed E-state index contributed by atoms with van der Waals surface area (Å²) in [5, 5.41) is -0.0119. The normalized spacial score (nSPS) is 11.8. The van der Waals surface area contributed by atoms with E-state index < -0.39 is 12.6 Å². The zero-order chi connectivity index (χ0) is 10.8. The fourth-order valence-corrected chi connectivity index (χ4v) is 1.23. The molecule has 0 radical (unpaired) electrons. The fourth-order valence-electron chi connectivity index (χ4n) is 0.993. The molecule has 0 spiro atoms. The van der Waals surface area contributed by atoms with Gasteiger partial charge in [-0.1, -0.05) is 0 Å². The van der Waals surface area contributed by atoms with Crippen LogP contribution in [0.5, 0.6) is 0 Å². The van der Waals surface area contributed by atoms with Crippen molar-refractivity contribution >= 4 is 11.6 Å². The number of aryl methyl sites for hydroxylation is 2. The van der Waals surface area contributed by atoms with Gasteiger partial charge in [-0.25, -0.2) is 9.97 Å². The molecule has 0 saturated heterocycles. The second-order valence-electron chi connectivity index (χ2n) is 2.88. The number of hydrogen-bond acceptors (Lipinski definition) is 2. The molecule has 0 unspecified atom stereocenters. The van der Waals surface area contributed by atoms with Gasteiger partial charge in [0, 0.05) is 17.8 Å². The van der Waals surface area contributed by atoms with Crippen LogP contribution in [-0.4, -0.2) is 16.1 Å². The van der Waals surface area contributed by atoms with Gasteiger partial charge in [0.05, 0.1) is 0 Å². The van der Waals surface area contributed by atoms with Crippen LogP contribution >= 0.6 is 11.6 Å². The third kappa shape index (κ3) is 3.91. The first kappa shape index (κ1) is 11.2. The van der Waals surface area contributed by atoms with Crippen LogP contribution in [0.2, 0.25) is 5.28 Å². The Morgan fingerprint density at radius 3 is 2.50 bits per heavy atom. The van der Waals surface area contributed by atoms with Crippen molar-refractivity contribution in [3.05, 3.63) is 22.7 Å². The molecule has 14 heavy (non-hydrogen) atoms. The maximum absolute atomic E-state index is 11.9. The maximum atomic E-state index is 11.9. The van der Waals surface area contributed by atoms with E-state index in [0.717, 1.165) is 0 Å². The summed E-state index contributed by atoms with van der Waals surface area (Å²) in [6.07, 6.45) is -5.21. The second kappa shape index (κ2) is 4.13. The summed E-state index contributed by atoms with van der Waals surface area (Å²) >= 11 is 5.50. The largest absolute Gasteiger partial charge is 0.389 e. The van der Waals surface area contributed by atoms with Gasteiger partial charge >= 0.3 is 6.18 Å². The van der Waals surface area contributed by atoms with Crippen molar-refractivity contribution in [1.29, 1.82) is 0 Å². The third-order valence-electron chi connectivity index (χ3n) is 1.54. The summed E-state index contributed by atoms with van der Waals surface area (Å²) in [5.41, 5.74) is 0.891. The number of halogens is 4. The number of hydrogen-bond donors (Lipinski definition) is 0. The molecule has 2 nitrogen and oxygen atoms in total. The van der Waals surface area contributed by atoms with Gasteiger partial charge in [-0.05, 0) is 31.0 Å². The molecule has 0 bridgehead atoms. The van der Waals surface area contributed by atoms with E-state index in [4.69, 9.17) is 11.6 Å². The van der Waals surface area contributed by atoms with E-state index in [1.165, 1.54) is 6.07 Å². The Balaban J connectivity index is 2.68. The number of rotatable bonds is 2. The van der Waals surface area contributed by atoms with Crippen molar-refractivity contribution in [3.8, 4) is 0 Å². The minimum atomic E-state index is -4.16. The number of nitrogens with zero attached hydrogens (tertiary/aromatic N) is 2. The molecule has 0 aliphatic rings. The Kier molecular flexibility index (Phi) is 3.31. The predicted octanol–water partition coefficient (Wildman–Crippen LogP) is 2.93.